The van der Waals surface area contributed by atoms with Crippen LogP contribution in [-0.4, -0.2) is 38.0 Å². The molecule has 94 valence electrons. The van der Waals surface area contributed by atoms with E-state index in [0.29, 0.717) is 18.5 Å². The van der Waals surface area contributed by atoms with Gasteiger partial charge in [-0.2, -0.15) is 0 Å². The molecule has 0 unspecified atom stereocenters. The second-order valence-corrected chi connectivity index (χ2v) is 6.05. The van der Waals surface area contributed by atoms with Crippen molar-refractivity contribution in [2.45, 2.75) is 6.42 Å². The summed E-state index contributed by atoms with van der Waals surface area (Å²) in [5, 5.41) is 11.6. The van der Waals surface area contributed by atoms with Crippen LogP contribution in [0.4, 0.5) is 0 Å². The van der Waals surface area contributed by atoms with Gasteiger partial charge in [-0.3, -0.25) is 4.79 Å². The molecule has 17 heavy (non-hydrogen) atoms. The summed E-state index contributed by atoms with van der Waals surface area (Å²) in [6.07, 6.45) is 1.55. The second kappa shape index (κ2) is 5.67. The van der Waals surface area contributed by atoms with E-state index in [1.54, 1.807) is 0 Å². The van der Waals surface area contributed by atoms with Crippen LogP contribution in [0.2, 0.25) is 0 Å². The summed E-state index contributed by atoms with van der Waals surface area (Å²) in [6.45, 7) is 0.312. The summed E-state index contributed by atoms with van der Waals surface area (Å²) in [5.74, 6) is -0.125. The number of rotatable bonds is 5. The highest BCUT2D eigenvalue weighted by Gasteiger charge is 2.06. The number of carbonyl (C=O) groups excluding carboxylic acids is 1. The molecular formula is C11H15NO4S. The third-order valence-electron chi connectivity index (χ3n) is 2.11. The minimum atomic E-state index is -2.98. The molecule has 0 aliphatic carbocycles. The van der Waals surface area contributed by atoms with E-state index >= 15 is 0 Å². The van der Waals surface area contributed by atoms with E-state index in [1.807, 2.05) is 0 Å². The maximum Gasteiger partial charge on any atom is 0.251 e. The van der Waals surface area contributed by atoms with Gasteiger partial charge in [-0.25, -0.2) is 8.42 Å². The summed E-state index contributed by atoms with van der Waals surface area (Å²) in [4.78, 5) is 11.5. The Kier molecular flexibility index (Phi) is 4.51. The van der Waals surface area contributed by atoms with Gasteiger partial charge < -0.3 is 10.4 Å². The van der Waals surface area contributed by atoms with Gasteiger partial charge in [-0.15, -0.1) is 0 Å². The van der Waals surface area contributed by atoms with Gasteiger partial charge in [0.1, 0.15) is 15.6 Å². The zero-order chi connectivity index (χ0) is 12.9. The smallest absolute Gasteiger partial charge is 0.251 e. The molecule has 1 aromatic rings. The van der Waals surface area contributed by atoms with Crippen molar-refractivity contribution < 1.29 is 18.3 Å². The molecule has 2 N–H and O–H groups in total. The molecule has 0 aliphatic heterocycles. The summed E-state index contributed by atoms with van der Waals surface area (Å²) in [7, 11) is -2.98. The SMILES string of the molecule is CS(=O)(=O)CCCNC(=O)c1ccc(O)cc1. The molecule has 0 spiro atoms. The molecule has 1 rings (SSSR count). The van der Waals surface area contributed by atoms with Gasteiger partial charge in [0.25, 0.3) is 5.91 Å². The van der Waals surface area contributed by atoms with Gasteiger partial charge in [-0.1, -0.05) is 0 Å². The molecule has 0 atom stereocenters. The minimum Gasteiger partial charge on any atom is -0.508 e. The highest BCUT2D eigenvalue weighted by molar-refractivity contribution is 7.90. The number of phenolic OH excluding ortho intramolecular Hbond substituents is 1. The highest BCUT2D eigenvalue weighted by Crippen LogP contribution is 2.09. The quantitative estimate of drug-likeness (QED) is 0.755. The average Bonchev–Trinajstić information content (AvgIpc) is 2.24. The predicted octanol–water partition coefficient (Wildman–Crippen LogP) is 0.557. The van der Waals surface area contributed by atoms with Gasteiger partial charge in [0, 0.05) is 18.4 Å². The van der Waals surface area contributed by atoms with Crippen LogP contribution in [-0.2, 0) is 9.84 Å². The first-order valence-electron chi connectivity index (χ1n) is 5.13. The summed E-state index contributed by atoms with van der Waals surface area (Å²) in [6, 6.07) is 5.85. The molecule has 5 nitrogen and oxygen atoms in total. The number of amides is 1. The lowest BCUT2D eigenvalue weighted by atomic mass is 10.2. The normalized spacial score (nSPS) is 11.1. The Hall–Kier alpha value is -1.56. The van der Waals surface area contributed by atoms with Gasteiger partial charge >= 0.3 is 0 Å². The molecule has 0 saturated carbocycles. The van der Waals surface area contributed by atoms with Crippen molar-refractivity contribution in [3.8, 4) is 5.75 Å². The van der Waals surface area contributed by atoms with Gasteiger partial charge in [0.2, 0.25) is 0 Å². The number of aromatic hydroxyl groups is 1. The fourth-order valence-corrected chi connectivity index (χ4v) is 1.92. The Morgan fingerprint density at radius 2 is 1.88 bits per heavy atom. The zero-order valence-electron chi connectivity index (χ0n) is 9.51. The number of nitrogens with one attached hydrogen (secondary N) is 1. The second-order valence-electron chi connectivity index (χ2n) is 3.79. The number of carbonyl (C=O) groups is 1. The van der Waals surface area contributed by atoms with Crippen molar-refractivity contribution in [1.29, 1.82) is 0 Å². The summed E-state index contributed by atoms with van der Waals surface area (Å²) < 4.78 is 21.7. The van der Waals surface area contributed by atoms with E-state index in [2.05, 4.69) is 5.32 Å². The Morgan fingerprint density at radius 3 is 2.41 bits per heavy atom. The highest BCUT2D eigenvalue weighted by atomic mass is 32.2. The number of hydrogen-bond donors (Lipinski definition) is 2. The Bertz CT molecular complexity index is 479. The third-order valence-corrected chi connectivity index (χ3v) is 3.14. The first-order chi connectivity index (χ1) is 7.88. The van der Waals surface area contributed by atoms with Crippen molar-refractivity contribution in [2.75, 3.05) is 18.6 Å². The molecule has 0 aromatic heterocycles. The van der Waals surface area contributed by atoms with Crippen LogP contribution in [0, 0.1) is 0 Å². The van der Waals surface area contributed by atoms with Crippen molar-refractivity contribution >= 4 is 15.7 Å². The molecule has 0 aliphatic rings. The first-order valence-corrected chi connectivity index (χ1v) is 7.19. The zero-order valence-corrected chi connectivity index (χ0v) is 10.3. The van der Waals surface area contributed by atoms with E-state index in [0.717, 1.165) is 6.26 Å². The van der Waals surface area contributed by atoms with Crippen LogP contribution in [0.3, 0.4) is 0 Å². The molecule has 0 heterocycles. The molecule has 0 radical (unpaired) electrons. The van der Waals surface area contributed by atoms with E-state index < -0.39 is 9.84 Å². The lowest BCUT2D eigenvalue weighted by molar-refractivity contribution is 0.0953. The maximum atomic E-state index is 11.5. The van der Waals surface area contributed by atoms with Crippen molar-refractivity contribution in [1.82, 2.24) is 5.32 Å². The van der Waals surface area contributed by atoms with Crippen LogP contribution in [0.15, 0.2) is 24.3 Å². The molecular weight excluding hydrogens is 242 g/mol. The van der Waals surface area contributed by atoms with Gasteiger partial charge in [0.15, 0.2) is 0 Å². The fourth-order valence-electron chi connectivity index (χ4n) is 1.25. The molecule has 0 bridgehead atoms. The standard InChI is InChI=1S/C11H15NO4S/c1-17(15,16)8-2-7-12-11(14)9-3-5-10(13)6-4-9/h3-6,13H,2,7-8H2,1H3,(H,12,14). The third kappa shape index (κ3) is 5.35. The molecule has 6 heteroatoms. The topological polar surface area (TPSA) is 83.5 Å². The van der Waals surface area contributed by atoms with Crippen LogP contribution in [0.1, 0.15) is 16.8 Å². The van der Waals surface area contributed by atoms with E-state index in [4.69, 9.17) is 5.11 Å². The fraction of sp³-hybridized carbons (Fsp3) is 0.364. The Balaban J connectivity index is 2.38. The van der Waals surface area contributed by atoms with Crippen LogP contribution >= 0.6 is 0 Å². The number of hydrogen-bond acceptors (Lipinski definition) is 4. The molecule has 1 aromatic carbocycles. The first kappa shape index (κ1) is 13.5. The van der Waals surface area contributed by atoms with Crippen molar-refractivity contribution in [3.63, 3.8) is 0 Å². The largest absolute Gasteiger partial charge is 0.508 e. The monoisotopic (exact) mass is 257 g/mol. The molecule has 0 fully saturated rings. The molecule has 1 amide bonds. The number of phenols is 1. The van der Waals surface area contributed by atoms with E-state index in [9.17, 15) is 13.2 Å². The number of benzene rings is 1. The summed E-state index contributed by atoms with van der Waals surface area (Å²) >= 11 is 0. The van der Waals surface area contributed by atoms with E-state index in [-0.39, 0.29) is 17.4 Å². The van der Waals surface area contributed by atoms with Crippen LogP contribution < -0.4 is 5.32 Å². The van der Waals surface area contributed by atoms with Crippen LogP contribution in [0.5, 0.6) is 5.75 Å². The van der Waals surface area contributed by atoms with Gasteiger partial charge in [0.05, 0.1) is 5.75 Å². The van der Waals surface area contributed by atoms with Crippen molar-refractivity contribution in [3.05, 3.63) is 29.8 Å². The Morgan fingerprint density at radius 1 is 1.29 bits per heavy atom. The average molecular weight is 257 g/mol. The van der Waals surface area contributed by atoms with Crippen molar-refractivity contribution in [2.24, 2.45) is 0 Å². The van der Waals surface area contributed by atoms with E-state index in [1.165, 1.54) is 24.3 Å². The van der Waals surface area contributed by atoms with Crippen LogP contribution in [0.25, 0.3) is 0 Å². The number of sulfone groups is 1. The summed E-state index contributed by atoms with van der Waals surface area (Å²) in [5.41, 5.74) is 0.433. The maximum absolute atomic E-state index is 11.5. The lowest BCUT2D eigenvalue weighted by Gasteiger charge is -2.04. The predicted molar refractivity (Wildman–Crippen MR) is 64.8 cm³/mol. The van der Waals surface area contributed by atoms with Gasteiger partial charge in [-0.05, 0) is 30.7 Å². The minimum absolute atomic E-state index is 0.0584. The lowest BCUT2D eigenvalue weighted by Crippen LogP contribution is -2.25. The molecule has 0 saturated heterocycles. The Labute approximate surface area is 100 Å².